The van der Waals surface area contributed by atoms with Crippen LogP contribution in [-0.4, -0.2) is 47.8 Å². The van der Waals surface area contributed by atoms with E-state index in [1.54, 1.807) is 4.68 Å². The number of aromatic nitrogens is 6. The minimum atomic E-state index is -0.0542. The zero-order chi connectivity index (χ0) is 37.5. The van der Waals surface area contributed by atoms with Crippen molar-refractivity contribution in [3.8, 4) is 28.0 Å². The first-order valence-corrected chi connectivity index (χ1v) is 18.7. The Balaban J connectivity index is 1.26. The Morgan fingerprint density at radius 3 is 2.34 bits per heavy atom. The van der Waals surface area contributed by atoms with E-state index in [9.17, 15) is 0 Å². The normalized spacial score (nSPS) is 14.6. The summed E-state index contributed by atoms with van der Waals surface area (Å²) in [6.07, 6.45) is 7.31. The molecule has 0 saturated carbocycles. The first kappa shape index (κ1) is 35.1. The van der Waals surface area contributed by atoms with E-state index in [-0.39, 0.29) is 11.9 Å². The summed E-state index contributed by atoms with van der Waals surface area (Å²) < 4.78 is 14.3. The molecule has 1 aliphatic heterocycles. The fraction of sp³-hybridized carbons (Fsp3) is 0.310. The number of aryl methyl sites for hydroxylation is 7. The summed E-state index contributed by atoms with van der Waals surface area (Å²) >= 11 is 13.6. The van der Waals surface area contributed by atoms with E-state index in [1.807, 2.05) is 82.1 Å². The molecule has 272 valence electrons. The van der Waals surface area contributed by atoms with Gasteiger partial charge in [-0.2, -0.15) is 10.2 Å². The number of amides is 1. The van der Waals surface area contributed by atoms with Crippen LogP contribution in [0.1, 0.15) is 58.0 Å². The van der Waals surface area contributed by atoms with Crippen LogP contribution in [0.3, 0.4) is 0 Å². The average molecular weight is 749 g/mol. The van der Waals surface area contributed by atoms with Crippen LogP contribution in [-0.2, 0) is 27.6 Å². The van der Waals surface area contributed by atoms with Gasteiger partial charge in [0.05, 0.1) is 34.7 Å². The summed E-state index contributed by atoms with van der Waals surface area (Å²) in [5.41, 5.74) is 12.5. The number of carbonyl (C=O) groups is 1. The highest BCUT2D eigenvalue weighted by Crippen LogP contribution is 2.46. The first-order valence-electron chi connectivity index (χ1n) is 18.0. The van der Waals surface area contributed by atoms with Crippen LogP contribution in [0.4, 0.5) is 5.69 Å². The maximum Gasteiger partial charge on any atom is 0.275 e. The Morgan fingerprint density at radius 2 is 1.66 bits per heavy atom. The van der Waals surface area contributed by atoms with Gasteiger partial charge in [0, 0.05) is 89.8 Å². The summed E-state index contributed by atoms with van der Waals surface area (Å²) in [5, 5.41) is 12.6. The monoisotopic (exact) mass is 747 g/mol. The molecule has 0 aliphatic carbocycles. The lowest BCUT2D eigenvalue weighted by Crippen LogP contribution is -2.42. The van der Waals surface area contributed by atoms with Crippen molar-refractivity contribution < 1.29 is 9.53 Å². The van der Waals surface area contributed by atoms with Gasteiger partial charge in [0.1, 0.15) is 11.4 Å². The molecule has 0 saturated heterocycles. The molecule has 9 nitrogen and oxygen atoms in total. The van der Waals surface area contributed by atoms with E-state index in [1.165, 1.54) is 0 Å². The number of halogens is 2. The standard InChI is InChI=1S/C42H43Cl2N7O2/c1-23-16-30(17-24(2)39(23)44)53-15-9-10-31-32-12-13-34(43)38(37-26(4)46-49(8)27(37)5)40(32)51-25(3)20-50(42(52)41(31)51)36-22-47(6)35-14-11-28(18-33(35)36)29-19-45-48(7)21-29/h11-14,16-19,21-22,25H,9-10,15,20H2,1-8H3. The average Bonchev–Trinajstić information content (AvgIpc) is 3.86. The first-order chi connectivity index (χ1) is 25.3. The Labute approximate surface area is 319 Å². The summed E-state index contributed by atoms with van der Waals surface area (Å²) in [6.45, 7) is 11.3. The smallest absolute Gasteiger partial charge is 0.275 e. The fourth-order valence-corrected chi connectivity index (χ4v) is 8.63. The molecule has 1 amide bonds. The topological polar surface area (TPSA) is 75.0 Å². The summed E-state index contributed by atoms with van der Waals surface area (Å²) in [4.78, 5) is 17.2. The van der Waals surface area contributed by atoms with Crippen molar-refractivity contribution in [2.24, 2.45) is 21.1 Å². The highest BCUT2D eigenvalue weighted by molar-refractivity contribution is 6.35. The molecule has 1 atom stereocenters. The van der Waals surface area contributed by atoms with Crippen molar-refractivity contribution in [1.82, 2.24) is 28.7 Å². The zero-order valence-corrected chi connectivity index (χ0v) is 32.9. The van der Waals surface area contributed by atoms with Gasteiger partial charge in [-0.05, 0) is 100 Å². The molecule has 0 fully saturated rings. The molecule has 53 heavy (non-hydrogen) atoms. The van der Waals surface area contributed by atoms with Crippen molar-refractivity contribution in [1.29, 1.82) is 0 Å². The minimum absolute atomic E-state index is 0.0276. The lowest BCUT2D eigenvalue weighted by molar-refractivity contribution is 0.0957. The zero-order valence-electron chi connectivity index (χ0n) is 31.4. The van der Waals surface area contributed by atoms with E-state index in [2.05, 4.69) is 58.5 Å². The van der Waals surface area contributed by atoms with Crippen LogP contribution >= 0.6 is 23.2 Å². The molecule has 8 rings (SSSR count). The van der Waals surface area contributed by atoms with E-state index in [0.29, 0.717) is 36.7 Å². The van der Waals surface area contributed by atoms with Gasteiger partial charge < -0.3 is 18.8 Å². The van der Waals surface area contributed by atoms with Crippen molar-refractivity contribution in [2.75, 3.05) is 18.1 Å². The van der Waals surface area contributed by atoms with E-state index < -0.39 is 0 Å². The van der Waals surface area contributed by atoms with Crippen molar-refractivity contribution >= 4 is 56.6 Å². The third kappa shape index (κ3) is 5.72. The SMILES string of the molecule is Cc1cc(OCCCc2c3n(c4c(-c5c(C)nn(C)c5C)c(Cl)ccc24)C(C)CN(c2cn(C)c4ccc(-c5cnn(C)c5)cc24)C3=O)cc(C)c1Cl. The molecular formula is C42H43Cl2N7O2. The number of benzene rings is 3. The molecule has 11 heteroatoms. The molecule has 1 unspecified atom stereocenters. The van der Waals surface area contributed by atoms with Crippen LogP contribution in [0, 0.1) is 27.7 Å². The van der Waals surface area contributed by atoms with Crippen LogP contribution in [0.5, 0.6) is 5.75 Å². The highest BCUT2D eigenvalue weighted by Gasteiger charge is 2.37. The molecule has 5 heterocycles. The van der Waals surface area contributed by atoms with Gasteiger partial charge in [0.15, 0.2) is 0 Å². The van der Waals surface area contributed by atoms with E-state index in [0.717, 1.165) is 88.6 Å². The van der Waals surface area contributed by atoms with Crippen LogP contribution in [0.15, 0.2) is 61.1 Å². The highest BCUT2D eigenvalue weighted by atomic mass is 35.5. The van der Waals surface area contributed by atoms with Gasteiger partial charge >= 0.3 is 0 Å². The van der Waals surface area contributed by atoms with E-state index in [4.69, 9.17) is 33.0 Å². The van der Waals surface area contributed by atoms with Crippen molar-refractivity contribution in [2.45, 2.75) is 53.5 Å². The fourth-order valence-electron chi connectivity index (χ4n) is 8.27. The molecular weight excluding hydrogens is 705 g/mol. The number of hydrogen-bond acceptors (Lipinski definition) is 4. The predicted octanol–water partition coefficient (Wildman–Crippen LogP) is 9.71. The van der Waals surface area contributed by atoms with Gasteiger partial charge in [-0.1, -0.05) is 35.3 Å². The second kappa shape index (κ2) is 13.1. The maximum absolute atomic E-state index is 15.2. The third-order valence-corrected chi connectivity index (χ3v) is 11.8. The number of fused-ring (bicyclic) bond motifs is 4. The quantitative estimate of drug-likeness (QED) is 0.145. The number of carbonyl (C=O) groups excluding carboxylic acids is 1. The molecule has 0 bridgehead atoms. The Bertz CT molecular complexity index is 2580. The van der Waals surface area contributed by atoms with Gasteiger partial charge in [-0.3, -0.25) is 14.2 Å². The number of hydrogen-bond donors (Lipinski definition) is 0. The van der Waals surface area contributed by atoms with Crippen molar-refractivity contribution in [3.63, 3.8) is 0 Å². The van der Waals surface area contributed by atoms with Gasteiger partial charge in [0.25, 0.3) is 5.91 Å². The molecule has 0 spiro atoms. The second-order valence-corrected chi connectivity index (χ2v) is 15.3. The Hall–Kier alpha value is -4.99. The molecule has 3 aromatic carbocycles. The van der Waals surface area contributed by atoms with Crippen LogP contribution < -0.4 is 9.64 Å². The van der Waals surface area contributed by atoms with Crippen LogP contribution in [0.2, 0.25) is 10.0 Å². The largest absolute Gasteiger partial charge is 0.494 e. The minimum Gasteiger partial charge on any atom is -0.494 e. The summed E-state index contributed by atoms with van der Waals surface area (Å²) in [6, 6.07) is 14.4. The molecule has 0 radical (unpaired) electrons. The summed E-state index contributed by atoms with van der Waals surface area (Å²) in [7, 11) is 5.91. The number of ether oxygens (including phenoxy) is 1. The molecule has 7 aromatic rings. The second-order valence-electron chi connectivity index (χ2n) is 14.5. The molecule has 0 N–H and O–H groups in total. The number of rotatable bonds is 8. The molecule has 4 aromatic heterocycles. The van der Waals surface area contributed by atoms with Crippen molar-refractivity contribution in [3.05, 3.63) is 105 Å². The van der Waals surface area contributed by atoms with Gasteiger partial charge in [0.2, 0.25) is 0 Å². The molecule has 1 aliphatic rings. The third-order valence-electron chi connectivity index (χ3n) is 10.9. The van der Waals surface area contributed by atoms with Crippen LogP contribution in [0.25, 0.3) is 44.1 Å². The number of anilines is 1. The Morgan fingerprint density at radius 1 is 0.906 bits per heavy atom. The Kier molecular flexibility index (Phi) is 8.70. The van der Waals surface area contributed by atoms with Gasteiger partial charge in [-0.15, -0.1) is 0 Å². The summed E-state index contributed by atoms with van der Waals surface area (Å²) in [5.74, 6) is 0.766. The lowest BCUT2D eigenvalue weighted by atomic mass is 9.98. The maximum atomic E-state index is 15.2. The van der Waals surface area contributed by atoms with Gasteiger partial charge in [-0.25, -0.2) is 0 Å². The number of nitrogens with zero attached hydrogens (tertiary/aromatic N) is 7. The van der Waals surface area contributed by atoms with E-state index >= 15 is 4.79 Å². The predicted molar refractivity (Wildman–Crippen MR) is 215 cm³/mol. The lowest BCUT2D eigenvalue weighted by Gasteiger charge is -2.34.